The Morgan fingerprint density at radius 1 is 1.15 bits per heavy atom. The smallest absolute Gasteiger partial charge is 0.270 e. The summed E-state index contributed by atoms with van der Waals surface area (Å²) in [6, 6.07) is 14.5. The maximum atomic E-state index is 11.8. The molecule has 0 spiro atoms. The van der Waals surface area contributed by atoms with E-state index in [1.54, 1.807) is 6.07 Å². The van der Waals surface area contributed by atoms with Gasteiger partial charge in [0, 0.05) is 49.9 Å². The van der Waals surface area contributed by atoms with Gasteiger partial charge >= 0.3 is 0 Å². The van der Waals surface area contributed by atoms with E-state index >= 15 is 0 Å². The van der Waals surface area contributed by atoms with E-state index in [2.05, 4.69) is 0 Å². The Balaban J connectivity index is 2.26. The summed E-state index contributed by atoms with van der Waals surface area (Å²) in [4.78, 5) is 24.4. The number of rotatable bonds is 6. The minimum Gasteiger partial charge on any atom is -0.383 e. The highest BCUT2D eigenvalue weighted by atomic mass is 16.6. The number of carbonyl (C=O) groups is 1. The maximum Gasteiger partial charge on any atom is 0.270 e. The molecular weight excluding hydrogens is 330 g/mol. The number of aldehydes is 1. The van der Waals surface area contributed by atoms with Gasteiger partial charge < -0.3 is 9.47 Å². The molecule has 2 aromatic carbocycles. The average molecular weight is 349 g/mol. The molecule has 26 heavy (non-hydrogen) atoms. The van der Waals surface area contributed by atoms with Crippen molar-refractivity contribution in [3.8, 4) is 0 Å². The fourth-order valence-corrected chi connectivity index (χ4v) is 2.96. The van der Waals surface area contributed by atoms with Gasteiger partial charge in [-0.1, -0.05) is 30.3 Å². The SMILES string of the molecule is CN(C)/C=C/c1c(C=O)c2cc([N+](=O)[O-])ccc2n1Cc1ccccc1. The van der Waals surface area contributed by atoms with E-state index in [0.717, 1.165) is 23.1 Å². The third-order valence-corrected chi connectivity index (χ3v) is 4.17. The fourth-order valence-electron chi connectivity index (χ4n) is 2.96. The lowest BCUT2D eigenvalue weighted by Crippen LogP contribution is -2.04. The molecule has 3 aromatic rings. The number of fused-ring (bicyclic) bond motifs is 1. The van der Waals surface area contributed by atoms with Crippen LogP contribution in [0.5, 0.6) is 0 Å². The van der Waals surface area contributed by atoms with Crippen LogP contribution >= 0.6 is 0 Å². The summed E-state index contributed by atoms with van der Waals surface area (Å²) in [7, 11) is 3.79. The molecule has 132 valence electrons. The third-order valence-electron chi connectivity index (χ3n) is 4.17. The zero-order valence-corrected chi connectivity index (χ0v) is 14.6. The Morgan fingerprint density at radius 2 is 1.88 bits per heavy atom. The number of nitro benzene ring substituents is 1. The standard InChI is InChI=1S/C20H19N3O3/c1-21(2)11-10-20-18(14-24)17-12-16(23(25)26)8-9-19(17)22(20)13-15-6-4-3-5-7-15/h3-12,14H,13H2,1-2H3/b11-10+. The Hall–Kier alpha value is -3.41. The summed E-state index contributed by atoms with van der Waals surface area (Å²) in [6.07, 6.45) is 4.48. The van der Waals surface area contributed by atoms with Crippen molar-refractivity contribution in [2.75, 3.05) is 14.1 Å². The molecule has 0 atom stereocenters. The molecule has 0 aliphatic carbocycles. The highest BCUT2D eigenvalue weighted by Crippen LogP contribution is 2.30. The van der Waals surface area contributed by atoms with Gasteiger partial charge in [0.1, 0.15) is 0 Å². The van der Waals surface area contributed by atoms with Gasteiger partial charge in [0.2, 0.25) is 0 Å². The van der Waals surface area contributed by atoms with Crippen molar-refractivity contribution in [2.45, 2.75) is 6.54 Å². The van der Waals surface area contributed by atoms with Crippen LogP contribution in [0.4, 0.5) is 5.69 Å². The lowest BCUT2D eigenvalue weighted by Gasteiger charge is -2.10. The zero-order chi connectivity index (χ0) is 18.7. The number of non-ortho nitro benzene ring substituents is 1. The first-order valence-corrected chi connectivity index (χ1v) is 8.15. The molecule has 0 amide bonds. The molecule has 0 unspecified atom stereocenters. The largest absolute Gasteiger partial charge is 0.383 e. The van der Waals surface area contributed by atoms with Crippen LogP contribution in [0.3, 0.4) is 0 Å². The van der Waals surface area contributed by atoms with Gasteiger partial charge in [-0.25, -0.2) is 0 Å². The normalized spacial score (nSPS) is 11.2. The fraction of sp³-hybridized carbons (Fsp3) is 0.150. The van der Waals surface area contributed by atoms with Gasteiger partial charge in [0.05, 0.1) is 16.1 Å². The van der Waals surface area contributed by atoms with Crippen molar-refractivity contribution in [1.82, 2.24) is 9.47 Å². The summed E-state index contributed by atoms with van der Waals surface area (Å²) in [5, 5.41) is 11.7. The lowest BCUT2D eigenvalue weighted by atomic mass is 10.1. The number of hydrogen-bond acceptors (Lipinski definition) is 4. The molecule has 6 heteroatoms. The molecule has 0 fully saturated rings. The Kier molecular flexibility index (Phi) is 4.84. The summed E-state index contributed by atoms with van der Waals surface area (Å²) >= 11 is 0. The van der Waals surface area contributed by atoms with E-state index in [1.807, 2.05) is 66.2 Å². The molecule has 0 saturated heterocycles. The van der Waals surface area contributed by atoms with Crippen molar-refractivity contribution in [2.24, 2.45) is 0 Å². The van der Waals surface area contributed by atoms with E-state index in [0.29, 0.717) is 17.5 Å². The van der Waals surface area contributed by atoms with Gasteiger partial charge in [-0.05, 0) is 17.7 Å². The molecule has 1 heterocycles. The second kappa shape index (κ2) is 7.23. The van der Waals surface area contributed by atoms with Crippen molar-refractivity contribution in [3.05, 3.63) is 81.7 Å². The Morgan fingerprint density at radius 3 is 2.50 bits per heavy atom. The van der Waals surface area contributed by atoms with E-state index in [9.17, 15) is 14.9 Å². The third kappa shape index (κ3) is 3.35. The van der Waals surface area contributed by atoms with Crippen molar-refractivity contribution in [1.29, 1.82) is 0 Å². The molecular formula is C20H19N3O3. The Labute approximate surface area is 151 Å². The van der Waals surface area contributed by atoms with Crippen LogP contribution in [0, 0.1) is 10.1 Å². The van der Waals surface area contributed by atoms with Gasteiger partial charge in [-0.2, -0.15) is 0 Å². The number of nitrogens with zero attached hydrogens (tertiary/aromatic N) is 3. The van der Waals surface area contributed by atoms with Crippen LogP contribution in [0.25, 0.3) is 17.0 Å². The molecule has 0 aliphatic heterocycles. The van der Waals surface area contributed by atoms with Crippen LogP contribution in [-0.4, -0.2) is 34.8 Å². The van der Waals surface area contributed by atoms with Gasteiger partial charge in [-0.15, -0.1) is 0 Å². The first-order valence-electron chi connectivity index (χ1n) is 8.15. The van der Waals surface area contributed by atoms with E-state index in [-0.39, 0.29) is 5.69 Å². The highest BCUT2D eigenvalue weighted by molar-refractivity contribution is 6.02. The van der Waals surface area contributed by atoms with E-state index < -0.39 is 4.92 Å². The number of nitro groups is 1. The van der Waals surface area contributed by atoms with Crippen LogP contribution in [0.1, 0.15) is 21.6 Å². The topological polar surface area (TPSA) is 68.4 Å². The predicted octanol–water partition coefficient (Wildman–Crippen LogP) is 3.94. The number of aromatic nitrogens is 1. The van der Waals surface area contributed by atoms with Crippen LogP contribution in [0.2, 0.25) is 0 Å². The molecule has 0 bridgehead atoms. The average Bonchev–Trinajstić information content (AvgIpc) is 2.92. The summed E-state index contributed by atoms with van der Waals surface area (Å²) in [5.74, 6) is 0. The first-order chi connectivity index (χ1) is 12.5. The molecule has 0 N–H and O–H groups in total. The Bertz CT molecular complexity index is 988. The number of hydrogen-bond donors (Lipinski definition) is 0. The van der Waals surface area contributed by atoms with Crippen LogP contribution in [-0.2, 0) is 6.54 Å². The number of benzene rings is 2. The van der Waals surface area contributed by atoms with Gasteiger partial charge in [0.15, 0.2) is 6.29 Å². The summed E-state index contributed by atoms with van der Waals surface area (Å²) < 4.78 is 2.01. The van der Waals surface area contributed by atoms with E-state index in [4.69, 9.17) is 0 Å². The first kappa shape index (κ1) is 17.4. The molecule has 0 aliphatic rings. The van der Waals surface area contributed by atoms with Gasteiger partial charge in [0.25, 0.3) is 5.69 Å². The second-order valence-corrected chi connectivity index (χ2v) is 6.23. The molecule has 1 aromatic heterocycles. The minimum atomic E-state index is -0.447. The quantitative estimate of drug-likeness (QED) is 0.384. The lowest BCUT2D eigenvalue weighted by molar-refractivity contribution is -0.384. The van der Waals surface area contributed by atoms with Crippen molar-refractivity contribution < 1.29 is 9.72 Å². The summed E-state index contributed by atoms with van der Waals surface area (Å²) in [5.41, 5.74) is 3.03. The van der Waals surface area contributed by atoms with Gasteiger partial charge in [-0.3, -0.25) is 14.9 Å². The minimum absolute atomic E-state index is 0.0272. The van der Waals surface area contributed by atoms with E-state index in [1.165, 1.54) is 12.1 Å². The monoisotopic (exact) mass is 349 g/mol. The van der Waals surface area contributed by atoms with Crippen molar-refractivity contribution >= 4 is 29.0 Å². The second-order valence-electron chi connectivity index (χ2n) is 6.23. The highest BCUT2D eigenvalue weighted by Gasteiger charge is 2.18. The van der Waals surface area contributed by atoms with Crippen LogP contribution in [0.15, 0.2) is 54.7 Å². The predicted molar refractivity (Wildman–Crippen MR) is 102 cm³/mol. The van der Waals surface area contributed by atoms with Crippen molar-refractivity contribution in [3.63, 3.8) is 0 Å². The van der Waals surface area contributed by atoms with Crippen LogP contribution < -0.4 is 0 Å². The number of carbonyl (C=O) groups excluding carboxylic acids is 1. The molecule has 3 rings (SSSR count). The molecule has 0 radical (unpaired) electrons. The summed E-state index contributed by atoms with van der Waals surface area (Å²) in [6.45, 7) is 0.566. The molecule has 0 saturated carbocycles. The zero-order valence-electron chi connectivity index (χ0n) is 14.6. The molecule has 6 nitrogen and oxygen atoms in total. The maximum absolute atomic E-state index is 11.8.